The molecule has 0 aliphatic heterocycles. The number of thiazole rings is 1. The second-order valence-electron chi connectivity index (χ2n) is 3.91. The van der Waals surface area contributed by atoms with Crippen LogP contribution in [0.3, 0.4) is 0 Å². The molecule has 0 saturated carbocycles. The quantitative estimate of drug-likeness (QED) is 0.886. The molecule has 94 valence electrons. The number of carboxylic acids is 1. The molecule has 18 heavy (non-hydrogen) atoms. The number of carbonyl (C=O) groups is 1. The summed E-state index contributed by atoms with van der Waals surface area (Å²) in [5.41, 5.74) is 2.50. The Morgan fingerprint density at radius 1 is 1.44 bits per heavy atom. The van der Waals surface area contributed by atoms with Crippen LogP contribution in [0.5, 0.6) is 0 Å². The fraction of sp³-hybridized carbons (Fsp3) is 0.250. The maximum atomic E-state index is 11.1. The van der Waals surface area contributed by atoms with Crippen molar-refractivity contribution in [1.82, 2.24) is 9.97 Å². The lowest BCUT2D eigenvalue weighted by Gasteiger charge is -2.08. The summed E-state index contributed by atoms with van der Waals surface area (Å²) >= 11 is 1.55. The molecule has 0 radical (unpaired) electrons. The number of aromatic nitrogens is 2. The number of aryl methyl sites for hydroxylation is 2. The molecule has 2 rings (SSSR count). The van der Waals surface area contributed by atoms with Gasteiger partial charge in [0.15, 0.2) is 0 Å². The highest BCUT2D eigenvalue weighted by molar-refractivity contribution is 7.09. The third kappa shape index (κ3) is 2.84. The van der Waals surface area contributed by atoms with Gasteiger partial charge in [0, 0.05) is 23.0 Å². The highest BCUT2D eigenvalue weighted by Gasteiger charge is 2.11. The summed E-state index contributed by atoms with van der Waals surface area (Å²) in [6.07, 6.45) is 1.37. The highest BCUT2D eigenvalue weighted by atomic mass is 32.1. The van der Waals surface area contributed by atoms with Gasteiger partial charge in [-0.1, -0.05) is 0 Å². The SMILES string of the molecule is Cc1cc(NCc2nc(C)cs2)c(C(=O)O)cn1. The summed E-state index contributed by atoms with van der Waals surface area (Å²) in [7, 11) is 0. The van der Waals surface area contributed by atoms with Gasteiger partial charge in [-0.15, -0.1) is 11.3 Å². The van der Waals surface area contributed by atoms with E-state index in [4.69, 9.17) is 5.11 Å². The van der Waals surface area contributed by atoms with E-state index in [0.717, 1.165) is 16.4 Å². The number of hydrogen-bond acceptors (Lipinski definition) is 5. The Kier molecular flexibility index (Phi) is 3.57. The second kappa shape index (κ2) is 5.14. The fourth-order valence-corrected chi connectivity index (χ4v) is 2.24. The van der Waals surface area contributed by atoms with Crippen LogP contribution in [0, 0.1) is 13.8 Å². The first-order chi connectivity index (χ1) is 8.56. The molecule has 0 fully saturated rings. The van der Waals surface area contributed by atoms with E-state index in [9.17, 15) is 4.79 Å². The van der Waals surface area contributed by atoms with Crippen LogP contribution in [0.4, 0.5) is 5.69 Å². The minimum Gasteiger partial charge on any atom is -0.478 e. The third-order valence-electron chi connectivity index (χ3n) is 2.37. The van der Waals surface area contributed by atoms with Gasteiger partial charge < -0.3 is 10.4 Å². The largest absolute Gasteiger partial charge is 0.478 e. The van der Waals surface area contributed by atoms with E-state index >= 15 is 0 Å². The van der Waals surface area contributed by atoms with Crippen LogP contribution in [-0.2, 0) is 6.54 Å². The predicted octanol–water partition coefficient (Wildman–Crippen LogP) is 2.47. The Bertz CT molecular complexity index is 580. The lowest BCUT2D eigenvalue weighted by atomic mass is 10.2. The first kappa shape index (κ1) is 12.5. The number of nitrogens with one attached hydrogen (secondary N) is 1. The minimum atomic E-state index is -0.986. The number of hydrogen-bond donors (Lipinski definition) is 2. The van der Waals surface area contributed by atoms with Gasteiger partial charge in [0.05, 0.1) is 12.2 Å². The molecule has 0 aromatic carbocycles. The smallest absolute Gasteiger partial charge is 0.339 e. The number of nitrogens with zero attached hydrogens (tertiary/aromatic N) is 2. The van der Waals surface area contributed by atoms with Crippen molar-refractivity contribution in [2.75, 3.05) is 5.32 Å². The Labute approximate surface area is 109 Å². The molecule has 0 aliphatic rings. The van der Waals surface area contributed by atoms with Crippen molar-refractivity contribution in [2.45, 2.75) is 20.4 Å². The first-order valence-corrected chi connectivity index (χ1v) is 6.29. The molecular formula is C12H13N3O2S. The van der Waals surface area contributed by atoms with E-state index < -0.39 is 5.97 Å². The fourth-order valence-electron chi connectivity index (χ4n) is 1.53. The van der Waals surface area contributed by atoms with Gasteiger partial charge in [0.25, 0.3) is 0 Å². The van der Waals surface area contributed by atoms with Crippen molar-refractivity contribution in [3.8, 4) is 0 Å². The van der Waals surface area contributed by atoms with Gasteiger partial charge in [-0.05, 0) is 19.9 Å². The van der Waals surface area contributed by atoms with Crippen LogP contribution >= 0.6 is 11.3 Å². The maximum Gasteiger partial charge on any atom is 0.339 e. The van der Waals surface area contributed by atoms with Gasteiger partial charge in [-0.2, -0.15) is 0 Å². The summed E-state index contributed by atoms with van der Waals surface area (Å²) in [6, 6.07) is 1.73. The molecule has 2 N–H and O–H groups in total. The Morgan fingerprint density at radius 2 is 2.22 bits per heavy atom. The molecule has 0 bridgehead atoms. The number of aromatic carboxylic acids is 1. The molecule has 0 atom stereocenters. The van der Waals surface area contributed by atoms with E-state index in [1.165, 1.54) is 6.20 Å². The molecule has 0 aliphatic carbocycles. The second-order valence-corrected chi connectivity index (χ2v) is 4.86. The van der Waals surface area contributed by atoms with Crippen molar-refractivity contribution in [1.29, 1.82) is 0 Å². The van der Waals surface area contributed by atoms with Crippen LogP contribution < -0.4 is 5.32 Å². The van der Waals surface area contributed by atoms with Crippen LogP contribution in [0.1, 0.15) is 26.8 Å². The van der Waals surface area contributed by atoms with Crippen LogP contribution in [0.25, 0.3) is 0 Å². The van der Waals surface area contributed by atoms with Crippen molar-refractivity contribution >= 4 is 23.0 Å². The van der Waals surface area contributed by atoms with E-state index in [2.05, 4.69) is 15.3 Å². The molecule has 0 amide bonds. The summed E-state index contributed by atoms with van der Waals surface area (Å²) < 4.78 is 0. The summed E-state index contributed by atoms with van der Waals surface area (Å²) in [4.78, 5) is 19.4. The first-order valence-electron chi connectivity index (χ1n) is 5.41. The lowest BCUT2D eigenvalue weighted by molar-refractivity contribution is 0.0697. The monoisotopic (exact) mass is 263 g/mol. The average Bonchev–Trinajstić information content (AvgIpc) is 2.72. The predicted molar refractivity (Wildman–Crippen MR) is 70.1 cm³/mol. The normalized spacial score (nSPS) is 10.3. The van der Waals surface area contributed by atoms with Crippen LogP contribution in [-0.4, -0.2) is 21.0 Å². The Morgan fingerprint density at radius 3 is 2.83 bits per heavy atom. The zero-order valence-electron chi connectivity index (χ0n) is 10.1. The average molecular weight is 263 g/mol. The molecule has 6 heteroatoms. The van der Waals surface area contributed by atoms with E-state index in [1.54, 1.807) is 17.4 Å². The Balaban J connectivity index is 2.17. The number of rotatable bonds is 4. The summed E-state index contributed by atoms with van der Waals surface area (Å²) in [6.45, 7) is 4.27. The molecule has 5 nitrogen and oxygen atoms in total. The van der Waals surface area contributed by atoms with E-state index in [-0.39, 0.29) is 5.56 Å². The molecule has 0 unspecified atom stereocenters. The standard InChI is InChI=1S/C12H13N3O2S/c1-7-3-10(9(4-13-7)12(16)17)14-5-11-15-8(2)6-18-11/h3-4,6H,5H2,1-2H3,(H,13,14)(H,16,17). The van der Waals surface area contributed by atoms with E-state index in [1.807, 2.05) is 19.2 Å². The number of anilines is 1. The molecule has 0 saturated heterocycles. The zero-order valence-corrected chi connectivity index (χ0v) is 10.9. The lowest BCUT2D eigenvalue weighted by Crippen LogP contribution is -2.07. The van der Waals surface area contributed by atoms with E-state index in [0.29, 0.717) is 12.2 Å². The summed E-state index contributed by atoms with van der Waals surface area (Å²) in [5.74, 6) is -0.986. The van der Waals surface area contributed by atoms with Gasteiger partial charge in [0.2, 0.25) is 0 Å². The molecule has 0 spiro atoms. The van der Waals surface area contributed by atoms with Crippen molar-refractivity contribution < 1.29 is 9.90 Å². The molecule has 2 aromatic rings. The highest BCUT2D eigenvalue weighted by Crippen LogP contribution is 2.18. The van der Waals surface area contributed by atoms with Gasteiger partial charge in [0.1, 0.15) is 10.6 Å². The molecular weight excluding hydrogens is 250 g/mol. The topological polar surface area (TPSA) is 75.1 Å². The van der Waals surface area contributed by atoms with Gasteiger partial charge in [-0.25, -0.2) is 9.78 Å². The van der Waals surface area contributed by atoms with Crippen molar-refractivity contribution in [3.63, 3.8) is 0 Å². The van der Waals surface area contributed by atoms with Crippen LogP contribution in [0.2, 0.25) is 0 Å². The molecule has 2 heterocycles. The van der Waals surface area contributed by atoms with Crippen molar-refractivity contribution in [3.05, 3.63) is 39.6 Å². The van der Waals surface area contributed by atoms with Gasteiger partial charge in [-0.3, -0.25) is 4.98 Å². The van der Waals surface area contributed by atoms with Crippen molar-refractivity contribution in [2.24, 2.45) is 0 Å². The van der Waals surface area contributed by atoms with Gasteiger partial charge >= 0.3 is 5.97 Å². The maximum absolute atomic E-state index is 11.1. The number of pyridine rings is 1. The Hall–Kier alpha value is -1.95. The summed E-state index contributed by atoms with van der Waals surface area (Å²) in [5, 5.41) is 15.1. The third-order valence-corrected chi connectivity index (χ3v) is 3.33. The zero-order chi connectivity index (χ0) is 13.1. The molecule has 2 aromatic heterocycles. The van der Waals surface area contributed by atoms with Crippen LogP contribution in [0.15, 0.2) is 17.6 Å². The number of carboxylic acid groups (broad SMARTS) is 1. The minimum absolute atomic E-state index is 0.175.